The Morgan fingerprint density at radius 1 is 1.22 bits per heavy atom. The van der Waals surface area contributed by atoms with E-state index in [1.54, 1.807) is 0 Å². The number of hydrogen-bond acceptors (Lipinski definition) is 2. The first-order valence-electron chi connectivity index (χ1n) is 6.53. The van der Waals surface area contributed by atoms with Gasteiger partial charge in [0.25, 0.3) is 0 Å². The Balaban J connectivity index is 1.95. The lowest BCUT2D eigenvalue weighted by atomic mass is 9.93. The summed E-state index contributed by atoms with van der Waals surface area (Å²) in [6, 6.07) is 3.78. The number of nitrogens with one attached hydrogen (secondary N) is 1. The fourth-order valence-electron chi connectivity index (χ4n) is 2.52. The van der Waals surface area contributed by atoms with Crippen LogP contribution in [0.25, 0.3) is 0 Å². The molecule has 1 saturated carbocycles. The summed E-state index contributed by atoms with van der Waals surface area (Å²) in [7, 11) is 0. The Morgan fingerprint density at radius 3 is 2.61 bits per heavy atom. The van der Waals surface area contributed by atoms with Gasteiger partial charge in [0.15, 0.2) is 0 Å². The zero-order chi connectivity index (χ0) is 13.0. The SMILES string of the molecule is CCNC1CCCC(Oc2cc(F)cc(F)c2)C1. The van der Waals surface area contributed by atoms with E-state index in [9.17, 15) is 8.78 Å². The van der Waals surface area contributed by atoms with Crippen molar-refractivity contribution in [2.45, 2.75) is 44.8 Å². The highest BCUT2D eigenvalue weighted by Gasteiger charge is 2.22. The van der Waals surface area contributed by atoms with Crippen LogP contribution in [0.1, 0.15) is 32.6 Å². The summed E-state index contributed by atoms with van der Waals surface area (Å²) in [5.74, 6) is -0.900. The van der Waals surface area contributed by atoms with E-state index in [4.69, 9.17) is 4.74 Å². The van der Waals surface area contributed by atoms with Crippen molar-refractivity contribution in [3.05, 3.63) is 29.8 Å². The lowest BCUT2D eigenvalue weighted by Gasteiger charge is -2.30. The molecule has 0 bridgehead atoms. The highest BCUT2D eigenvalue weighted by atomic mass is 19.1. The van der Waals surface area contributed by atoms with Crippen molar-refractivity contribution in [1.29, 1.82) is 0 Å². The van der Waals surface area contributed by atoms with Gasteiger partial charge in [-0.15, -0.1) is 0 Å². The first-order chi connectivity index (χ1) is 8.67. The molecule has 0 aromatic heterocycles. The molecule has 0 radical (unpaired) electrons. The molecule has 2 unspecified atom stereocenters. The highest BCUT2D eigenvalue weighted by Crippen LogP contribution is 2.25. The molecule has 100 valence electrons. The number of rotatable bonds is 4. The maximum atomic E-state index is 13.0. The normalized spacial score (nSPS) is 23.9. The van der Waals surface area contributed by atoms with Gasteiger partial charge < -0.3 is 10.1 Å². The summed E-state index contributed by atoms with van der Waals surface area (Å²) in [5, 5.41) is 3.39. The van der Waals surface area contributed by atoms with E-state index in [0.29, 0.717) is 6.04 Å². The van der Waals surface area contributed by atoms with Crippen LogP contribution in [0, 0.1) is 11.6 Å². The highest BCUT2D eigenvalue weighted by molar-refractivity contribution is 5.24. The topological polar surface area (TPSA) is 21.3 Å². The molecule has 2 nitrogen and oxygen atoms in total. The van der Waals surface area contributed by atoms with Gasteiger partial charge in [0.2, 0.25) is 0 Å². The molecule has 1 aromatic rings. The van der Waals surface area contributed by atoms with Crippen molar-refractivity contribution in [3.63, 3.8) is 0 Å². The van der Waals surface area contributed by atoms with E-state index >= 15 is 0 Å². The van der Waals surface area contributed by atoms with Crippen LogP contribution in [-0.2, 0) is 0 Å². The molecule has 1 N–H and O–H groups in total. The average Bonchev–Trinajstić information content (AvgIpc) is 2.28. The minimum Gasteiger partial charge on any atom is -0.490 e. The molecule has 1 fully saturated rings. The molecule has 0 amide bonds. The molecule has 0 saturated heterocycles. The second kappa shape index (κ2) is 6.14. The van der Waals surface area contributed by atoms with E-state index in [1.165, 1.54) is 12.1 Å². The predicted molar refractivity (Wildman–Crippen MR) is 66.7 cm³/mol. The lowest BCUT2D eigenvalue weighted by Crippen LogP contribution is -2.37. The van der Waals surface area contributed by atoms with Crippen molar-refractivity contribution in [1.82, 2.24) is 5.32 Å². The fourth-order valence-corrected chi connectivity index (χ4v) is 2.52. The van der Waals surface area contributed by atoms with Gasteiger partial charge in [-0.3, -0.25) is 0 Å². The summed E-state index contributed by atoms with van der Waals surface area (Å²) >= 11 is 0. The van der Waals surface area contributed by atoms with Gasteiger partial charge in [-0.25, -0.2) is 8.78 Å². The van der Waals surface area contributed by atoms with Gasteiger partial charge in [-0.05, 0) is 32.2 Å². The van der Waals surface area contributed by atoms with Gasteiger partial charge >= 0.3 is 0 Å². The first kappa shape index (κ1) is 13.3. The maximum absolute atomic E-state index is 13.0. The summed E-state index contributed by atoms with van der Waals surface area (Å²) in [4.78, 5) is 0. The summed E-state index contributed by atoms with van der Waals surface area (Å²) in [6.45, 7) is 3.01. The third-order valence-corrected chi connectivity index (χ3v) is 3.26. The van der Waals surface area contributed by atoms with E-state index < -0.39 is 11.6 Å². The Morgan fingerprint density at radius 2 is 1.94 bits per heavy atom. The van der Waals surface area contributed by atoms with Crippen LogP contribution < -0.4 is 10.1 Å². The summed E-state index contributed by atoms with van der Waals surface area (Å²) < 4.78 is 31.8. The number of benzene rings is 1. The van der Waals surface area contributed by atoms with Crippen molar-refractivity contribution in [3.8, 4) is 5.75 Å². The second-order valence-corrected chi connectivity index (χ2v) is 4.77. The van der Waals surface area contributed by atoms with Crippen molar-refractivity contribution < 1.29 is 13.5 Å². The standard InChI is InChI=1S/C14H19F2NO/c1-2-17-12-4-3-5-13(9-12)18-14-7-10(15)6-11(16)8-14/h6-8,12-13,17H,2-5,9H2,1H3. The molecular weight excluding hydrogens is 236 g/mol. The fraction of sp³-hybridized carbons (Fsp3) is 0.571. The van der Waals surface area contributed by atoms with Crippen LogP contribution >= 0.6 is 0 Å². The molecular formula is C14H19F2NO. The lowest BCUT2D eigenvalue weighted by molar-refractivity contribution is 0.134. The molecule has 18 heavy (non-hydrogen) atoms. The molecule has 1 aliphatic carbocycles. The Labute approximate surface area is 106 Å². The van der Waals surface area contributed by atoms with Crippen LogP contribution in [0.15, 0.2) is 18.2 Å². The summed E-state index contributed by atoms with van der Waals surface area (Å²) in [6.07, 6.45) is 4.11. The molecule has 2 atom stereocenters. The average molecular weight is 255 g/mol. The first-order valence-corrected chi connectivity index (χ1v) is 6.53. The Bertz CT molecular complexity index is 375. The Hall–Kier alpha value is -1.16. The second-order valence-electron chi connectivity index (χ2n) is 4.77. The smallest absolute Gasteiger partial charge is 0.129 e. The molecule has 0 aliphatic heterocycles. The molecule has 1 aromatic carbocycles. The molecule has 0 heterocycles. The number of hydrogen-bond donors (Lipinski definition) is 1. The van der Waals surface area contributed by atoms with Crippen molar-refractivity contribution in [2.24, 2.45) is 0 Å². The van der Waals surface area contributed by atoms with Gasteiger partial charge in [0.05, 0.1) is 0 Å². The van der Waals surface area contributed by atoms with E-state index in [2.05, 4.69) is 12.2 Å². The minimum atomic E-state index is -0.593. The number of ether oxygens (including phenoxy) is 1. The third-order valence-electron chi connectivity index (χ3n) is 3.26. The zero-order valence-electron chi connectivity index (χ0n) is 10.6. The zero-order valence-corrected chi connectivity index (χ0v) is 10.6. The summed E-state index contributed by atoms with van der Waals surface area (Å²) in [5.41, 5.74) is 0. The maximum Gasteiger partial charge on any atom is 0.129 e. The Kier molecular flexibility index (Phi) is 4.53. The largest absolute Gasteiger partial charge is 0.490 e. The van der Waals surface area contributed by atoms with Crippen LogP contribution in [0.5, 0.6) is 5.75 Å². The third kappa shape index (κ3) is 3.67. The van der Waals surface area contributed by atoms with E-state index in [-0.39, 0.29) is 11.9 Å². The molecule has 4 heteroatoms. The van der Waals surface area contributed by atoms with Crippen molar-refractivity contribution >= 4 is 0 Å². The van der Waals surface area contributed by atoms with Crippen LogP contribution in [0.3, 0.4) is 0 Å². The van der Waals surface area contributed by atoms with E-state index in [1.807, 2.05) is 0 Å². The van der Waals surface area contributed by atoms with Gasteiger partial charge in [0.1, 0.15) is 23.5 Å². The predicted octanol–water partition coefficient (Wildman–Crippen LogP) is 3.26. The van der Waals surface area contributed by atoms with Crippen LogP contribution in [0.4, 0.5) is 8.78 Å². The monoisotopic (exact) mass is 255 g/mol. The van der Waals surface area contributed by atoms with Crippen molar-refractivity contribution in [2.75, 3.05) is 6.54 Å². The van der Waals surface area contributed by atoms with Gasteiger partial charge in [-0.2, -0.15) is 0 Å². The number of halogens is 2. The van der Waals surface area contributed by atoms with Crippen LogP contribution in [-0.4, -0.2) is 18.7 Å². The van der Waals surface area contributed by atoms with Gasteiger partial charge in [0, 0.05) is 24.2 Å². The van der Waals surface area contributed by atoms with Gasteiger partial charge in [-0.1, -0.05) is 6.92 Å². The molecule has 1 aliphatic rings. The molecule has 2 rings (SSSR count). The molecule has 0 spiro atoms. The quantitative estimate of drug-likeness (QED) is 0.891. The van der Waals surface area contributed by atoms with Crippen LogP contribution in [0.2, 0.25) is 0 Å². The van der Waals surface area contributed by atoms with E-state index in [0.717, 1.165) is 38.3 Å². The minimum absolute atomic E-state index is 0.0454.